The van der Waals surface area contributed by atoms with Crippen molar-refractivity contribution in [3.63, 3.8) is 0 Å². The molecule has 0 radical (unpaired) electrons. The maximum Gasteiger partial charge on any atom is 0.0754 e. The molecule has 0 amide bonds. The summed E-state index contributed by atoms with van der Waals surface area (Å²) in [5.41, 5.74) is 3.96. The van der Waals surface area contributed by atoms with E-state index in [1.54, 1.807) is 0 Å². The highest BCUT2D eigenvalue weighted by molar-refractivity contribution is 7.38. The number of hydrogen-bond acceptors (Lipinski definition) is 1. The topological polar surface area (TPSA) is 12.0 Å². The van der Waals surface area contributed by atoms with E-state index in [0.717, 1.165) is 0 Å². The van der Waals surface area contributed by atoms with E-state index < -0.39 is 0 Å². The molecule has 0 heterocycles. The molecule has 0 aliphatic heterocycles. The molecule has 1 atom stereocenters. The summed E-state index contributed by atoms with van der Waals surface area (Å²) in [5, 5.41) is 3.28. The van der Waals surface area contributed by atoms with Crippen LogP contribution in [0, 0.1) is 0 Å². The molecule has 0 fully saturated rings. The molecular formula is C20H20NP. The summed E-state index contributed by atoms with van der Waals surface area (Å²) in [6.45, 7) is 0. The molecule has 3 rings (SSSR count). The van der Waals surface area contributed by atoms with Gasteiger partial charge in [-0.3, -0.25) is 5.09 Å². The second-order valence-corrected chi connectivity index (χ2v) is 6.72. The number of nitrogens with one attached hydrogen (secondary N) is 1. The van der Waals surface area contributed by atoms with E-state index in [1.165, 1.54) is 16.7 Å². The zero-order chi connectivity index (χ0) is 15.3. The van der Waals surface area contributed by atoms with Crippen LogP contribution >= 0.6 is 8.73 Å². The second kappa shape index (κ2) is 6.87. The Morgan fingerprint density at radius 2 is 0.909 bits per heavy atom. The van der Waals surface area contributed by atoms with Crippen LogP contribution < -0.4 is 5.09 Å². The fraction of sp³-hybridized carbons (Fsp3) is 0.100. The van der Waals surface area contributed by atoms with Crippen LogP contribution in [0.15, 0.2) is 91.0 Å². The molecule has 0 aromatic heterocycles. The summed E-state index contributed by atoms with van der Waals surface area (Å²) in [6, 6.07) is 32.3. The Kier molecular flexibility index (Phi) is 4.68. The van der Waals surface area contributed by atoms with Gasteiger partial charge in [-0.25, -0.2) is 0 Å². The second-order valence-electron chi connectivity index (χ2n) is 5.22. The molecule has 0 aliphatic carbocycles. The van der Waals surface area contributed by atoms with Crippen LogP contribution in [0.2, 0.25) is 0 Å². The Labute approximate surface area is 134 Å². The third-order valence-electron chi connectivity index (χ3n) is 3.93. The molecule has 1 unspecified atom stereocenters. The molecular weight excluding hydrogens is 285 g/mol. The largest absolute Gasteiger partial charge is 0.300 e. The van der Waals surface area contributed by atoms with E-state index in [4.69, 9.17) is 0 Å². The van der Waals surface area contributed by atoms with Crippen molar-refractivity contribution in [2.75, 3.05) is 7.05 Å². The predicted molar refractivity (Wildman–Crippen MR) is 96.6 cm³/mol. The summed E-state index contributed by atoms with van der Waals surface area (Å²) in [7, 11) is 2.59. The Hall–Kier alpha value is -1.95. The average Bonchev–Trinajstić information content (AvgIpc) is 2.62. The number of rotatable bonds is 5. The average molecular weight is 305 g/mol. The van der Waals surface area contributed by atoms with E-state index >= 15 is 0 Å². The van der Waals surface area contributed by atoms with Gasteiger partial charge in [0.2, 0.25) is 0 Å². The van der Waals surface area contributed by atoms with Crippen molar-refractivity contribution in [3.8, 4) is 0 Å². The smallest absolute Gasteiger partial charge is 0.0754 e. The summed E-state index contributed by atoms with van der Waals surface area (Å²) in [4.78, 5) is 0. The zero-order valence-electron chi connectivity index (χ0n) is 12.7. The number of benzene rings is 3. The van der Waals surface area contributed by atoms with Crippen LogP contribution in [-0.2, 0) is 5.16 Å². The van der Waals surface area contributed by atoms with Crippen LogP contribution in [0.1, 0.15) is 16.7 Å². The first-order chi connectivity index (χ1) is 10.9. The highest BCUT2D eigenvalue weighted by Crippen LogP contribution is 2.50. The van der Waals surface area contributed by atoms with Crippen LogP contribution in [-0.4, -0.2) is 7.05 Å². The monoisotopic (exact) mass is 305 g/mol. The lowest BCUT2D eigenvalue weighted by atomic mass is 9.84. The predicted octanol–water partition coefficient (Wildman–Crippen LogP) is 4.79. The van der Waals surface area contributed by atoms with Gasteiger partial charge in [0.1, 0.15) is 0 Å². The molecule has 0 saturated heterocycles. The molecule has 1 nitrogen and oxygen atoms in total. The van der Waals surface area contributed by atoms with E-state index in [1.807, 2.05) is 7.05 Å². The molecule has 110 valence electrons. The van der Waals surface area contributed by atoms with Gasteiger partial charge in [0, 0.05) is 0 Å². The van der Waals surface area contributed by atoms with Gasteiger partial charge >= 0.3 is 0 Å². The minimum absolute atomic E-state index is 0.154. The van der Waals surface area contributed by atoms with Crippen molar-refractivity contribution in [2.45, 2.75) is 5.16 Å². The highest BCUT2D eigenvalue weighted by Gasteiger charge is 2.35. The molecule has 3 aromatic carbocycles. The highest BCUT2D eigenvalue weighted by atomic mass is 31.1. The van der Waals surface area contributed by atoms with E-state index in [0.29, 0.717) is 8.73 Å². The maximum absolute atomic E-state index is 3.43. The Bertz CT molecular complexity index is 599. The van der Waals surface area contributed by atoms with Crippen molar-refractivity contribution < 1.29 is 0 Å². The van der Waals surface area contributed by atoms with E-state index in [-0.39, 0.29) is 5.16 Å². The summed E-state index contributed by atoms with van der Waals surface area (Å²) in [6.07, 6.45) is 0. The SMILES string of the molecule is CNPC(c1ccccc1)(c1ccccc1)c1ccccc1. The first-order valence-electron chi connectivity index (χ1n) is 7.48. The van der Waals surface area contributed by atoms with Gasteiger partial charge in [-0.1, -0.05) is 91.0 Å². The lowest BCUT2D eigenvalue weighted by Crippen LogP contribution is -2.26. The van der Waals surface area contributed by atoms with Crippen molar-refractivity contribution in [2.24, 2.45) is 0 Å². The fourth-order valence-corrected chi connectivity index (χ4v) is 4.28. The normalized spacial score (nSPS) is 11.9. The maximum atomic E-state index is 3.43. The molecule has 22 heavy (non-hydrogen) atoms. The van der Waals surface area contributed by atoms with Crippen molar-refractivity contribution in [1.82, 2.24) is 5.09 Å². The molecule has 3 aromatic rings. The van der Waals surface area contributed by atoms with Gasteiger partial charge in [-0.2, -0.15) is 0 Å². The number of hydrogen-bond donors (Lipinski definition) is 1. The zero-order valence-corrected chi connectivity index (χ0v) is 13.7. The van der Waals surface area contributed by atoms with Crippen LogP contribution in [0.3, 0.4) is 0 Å². The van der Waals surface area contributed by atoms with Crippen LogP contribution in [0.25, 0.3) is 0 Å². The molecule has 0 aliphatic rings. The summed E-state index contributed by atoms with van der Waals surface area (Å²) >= 11 is 0. The standard InChI is InChI=1S/C20H20NP/c1-21-22-20(17-11-5-2-6-12-17,18-13-7-3-8-14-18)19-15-9-4-10-16-19/h2-16,21-22H,1H3. The van der Waals surface area contributed by atoms with Gasteiger partial charge in [-0.05, 0) is 32.5 Å². The third kappa shape index (κ3) is 2.70. The molecule has 0 saturated carbocycles. The van der Waals surface area contributed by atoms with Gasteiger partial charge in [0.15, 0.2) is 0 Å². The Morgan fingerprint density at radius 3 is 1.18 bits per heavy atom. The van der Waals surface area contributed by atoms with E-state index in [2.05, 4.69) is 96.1 Å². The summed E-state index contributed by atoms with van der Waals surface area (Å²) < 4.78 is 0. The lowest BCUT2D eigenvalue weighted by molar-refractivity contribution is 0.875. The minimum atomic E-state index is -0.154. The molecule has 0 spiro atoms. The quantitative estimate of drug-likeness (QED) is 0.528. The van der Waals surface area contributed by atoms with Crippen molar-refractivity contribution in [1.29, 1.82) is 0 Å². The lowest BCUT2D eigenvalue weighted by Gasteiger charge is -2.35. The first kappa shape index (κ1) is 15.0. The third-order valence-corrected chi connectivity index (χ3v) is 5.42. The Balaban J connectivity index is 2.29. The van der Waals surface area contributed by atoms with Gasteiger partial charge in [0.05, 0.1) is 5.16 Å². The van der Waals surface area contributed by atoms with Gasteiger partial charge in [0.25, 0.3) is 0 Å². The van der Waals surface area contributed by atoms with Crippen molar-refractivity contribution >= 4 is 8.73 Å². The van der Waals surface area contributed by atoms with Crippen LogP contribution in [0.4, 0.5) is 0 Å². The summed E-state index contributed by atoms with van der Waals surface area (Å²) in [5.74, 6) is 0. The molecule has 2 heteroatoms. The minimum Gasteiger partial charge on any atom is -0.300 e. The Morgan fingerprint density at radius 1 is 0.591 bits per heavy atom. The van der Waals surface area contributed by atoms with Crippen molar-refractivity contribution in [3.05, 3.63) is 108 Å². The van der Waals surface area contributed by atoms with Gasteiger partial charge in [-0.15, -0.1) is 0 Å². The van der Waals surface area contributed by atoms with E-state index in [9.17, 15) is 0 Å². The molecule has 1 N–H and O–H groups in total. The first-order valence-corrected chi connectivity index (χ1v) is 8.48. The van der Waals surface area contributed by atoms with Gasteiger partial charge < -0.3 is 0 Å². The fourth-order valence-electron chi connectivity index (χ4n) is 2.97. The molecule has 0 bridgehead atoms. The van der Waals surface area contributed by atoms with Crippen LogP contribution in [0.5, 0.6) is 0 Å².